The molecule has 3 rings (SSSR count). The highest BCUT2D eigenvalue weighted by Gasteiger charge is 2.05. The summed E-state index contributed by atoms with van der Waals surface area (Å²) in [6.07, 6.45) is 4.38. The lowest BCUT2D eigenvalue weighted by atomic mass is 10.1. The molecule has 0 aliphatic carbocycles. The first-order valence-corrected chi connectivity index (χ1v) is 6.86. The van der Waals surface area contributed by atoms with Gasteiger partial charge < -0.3 is 4.42 Å². The van der Waals surface area contributed by atoms with Crippen molar-refractivity contribution in [2.24, 2.45) is 0 Å². The number of hydrogen-bond acceptors (Lipinski definition) is 3. The zero-order valence-electron chi connectivity index (χ0n) is 10.5. The van der Waals surface area contributed by atoms with Crippen LogP contribution < -0.4 is 0 Å². The number of carbonyl (C=O) groups excluding carboxylic acids is 1. The van der Waals surface area contributed by atoms with Crippen LogP contribution in [0.3, 0.4) is 0 Å². The molecule has 0 unspecified atom stereocenters. The maximum Gasteiger partial charge on any atom is 0.185 e. The van der Waals surface area contributed by atoms with Gasteiger partial charge in [-0.25, -0.2) is 0 Å². The average molecular weight is 331 g/mol. The topological polar surface area (TPSA) is 48.0 Å². The first-order valence-electron chi connectivity index (χ1n) is 6.07. The lowest BCUT2D eigenvalue weighted by Crippen LogP contribution is -1.99. The van der Waals surface area contributed by atoms with Gasteiger partial charge in [0.1, 0.15) is 5.76 Å². The Balaban J connectivity index is 1.87. The summed E-state index contributed by atoms with van der Waals surface area (Å²) in [7, 11) is 0. The number of hydrogen-bond donors (Lipinski definition) is 0. The van der Waals surface area contributed by atoms with Gasteiger partial charge in [0.2, 0.25) is 0 Å². The molecule has 0 bridgehead atoms. The second kappa shape index (κ2) is 5.46. The van der Waals surface area contributed by atoms with Crippen LogP contribution in [-0.4, -0.2) is 16.1 Å². The Kier molecular flexibility index (Phi) is 3.52. The van der Waals surface area contributed by atoms with Gasteiger partial charge in [-0.1, -0.05) is 18.2 Å². The van der Waals surface area contributed by atoms with Gasteiger partial charge in [-0.2, -0.15) is 5.10 Å². The molecule has 2 aromatic heterocycles. The van der Waals surface area contributed by atoms with Crippen LogP contribution in [-0.2, 0) is 6.54 Å². The molecule has 0 radical (unpaired) electrons. The maximum absolute atomic E-state index is 10.7. The molecule has 1 aromatic carbocycles. The third-order valence-electron chi connectivity index (χ3n) is 2.90. The fraction of sp³-hybridized carbons (Fsp3) is 0.0667. The van der Waals surface area contributed by atoms with Crippen LogP contribution in [0.15, 0.2) is 57.7 Å². The van der Waals surface area contributed by atoms with Crippen molar-refractivity contribution in [2.75, 3.05) is 0 Å². The summed E-state index contributed by atoms with van der Waals surface area (Å²) < 4.78 is 8.23. The van der Waals surface area contributed by atoms with Gasteiger partial charge in [-0.15, -0.1) is 0 Å². The van der Waals surface area contributed by atoms with Crippen molar-refractivity contribution >= 4 is 22.2 Å². The molecule has 0 atom stereocenters. The summed E-state index contributed by atoms with van der Waals surface area (Å²) in [6, 6.07) is 11.4. The van der Waals surface area contributed by atoms with Gasteiger partial charge in [-0.05, 0) is 39.7 Å². The van der Waals surface area contributed by atoms with Crippen molar-refractivity contribution in [3.8, 4) is 11.3 Å². The standard InChI is InChI=1S/C15H11BrN2O2/c16-13-7-17-18(9-13)8-11-2-1-3-12(6-11)15-5-4-14(10-19)20-15/h1-7,9-10H,8H2. The number of nitrogens with zero attached hydrogens (tertiary/aromatic N) is 2. The summed E-state index contributed by atoms with van der Waals surface area (Å²) in [5.74, 6) is 1.03. The van der Waals surface area contributed by atoms with E-state index in [0.29, 0.717) is 24.4 Å². The lowest BCUT2D eigenvalue weighted by Gasteiger charge is -2.04. The number of aldehydes is 1. The van der Waals surface area contributed by atoms with Crippen LogP contribution in [0.2, 0.25) is 0 Å². The third kappa shape index (κ3) is 2.72. The van der Waals surface area contributed by atoms with Crippen molar-refractivity contribution in [1.29, 1.82) is 0 Å². The van der Waals surface area contributed by atoms with Crippen molar-refractivity contribution in [1.82, 2.24) is 9.78 Å². The molecular formula is C15H11BrN2O2. The van der Waals surface area contributed by atoms with E-state index in [1.165, 1.54) is 0 Å². The number of furan rings is 1. The minimum atomic E-state index is 0.335. The Hall–Kier alpha value is -2.14. The van der Waals surface area contributed by atoms with Gasteiger partial charge in [0.25, 0.3) is 0 Å². The van der Waals surface area contributed by atoms with E-state index in [1.54, 1.807) is 18.3 Å². The second-order valence-corrected chi connectivity index (χ2v) is 5.29. The molecular weight excluding hydrogens is 320 g/mol. The molecule has 100 valence electrons. The minimum Gasteiger partial charge on any atom is -0.453 e. The molecule has 0 aliphatic rings. The van der Waals surface area contributed by atoms with Gasteiger partial charge in [0.15, 0.2) is 12.0 Å². The number of aromatic nitrogens is 2. The van der Waals surface area contributed by atoms with E-state index in [0.717, 1.165) is 15.6 Å². The van der Waals surface area contributed by atoms with Crippen LogP contribution >= 0.6 is 15.9 Å². The first kappa shape index (κ1) is 12.9. The highest BCUT2D eigenvalue weighted by atomic mass is 79.9. The zero-order chi connectivity index (χ0) is 13.9. The quantitative estimate of drug-likeness (QED) is 0.684. The van der Waals surface area contributed by atoms with E-state index in [2.05, 4.69) is 21.0 Å². The first-order chi connectivity index (χ1) is 9.74. The summed E-state index contributed by atoms with van der Waals surface area (Å²) >= 11 is 3.38. The van der Waals surface area contributed by atoms with Crippen molar-refractivity contribution in [2.45, 2.75) is 6.54 Å². The Morgan fingerprint density at radius 3 is 2.90 bits per heavy atom. The molecule has 20 heavy (non-hydrogen) atoms. The van der Waals surface area contributed by atoms with Crippen LogP contribution in [0.25, 0.3) is 11.3 Å². The van der Waals surface area contributed by atoms with Gasteiger partial charge >= 0.3 is 0 Å². The molecule has 3 aromatic rings. The molecule has 0 N–H and O–H groups in total. The van der Waals surface area contributed by atoms with E-state index in [4.69, 9.17) is 4.42 Å². The van der Waals surface area contributed by atoms with Crippen molar-refractivity contribution < 1.29 is 9.21 Å². The SMILES string of the molecule is O=Cc1ccc(-c2cccc(Cn3cc(Br)cn3)c2)o1. The van der Waals surface area contributed by atoms with Crippen LogP contribution in [0.4, 0.5) is 0 Å². The Bertz CT molecular complexity index is 746. The number of carbonyl (C=O) groups is 1. The van der Waals surface area contributed by atoms with E-state index in [1.807, 2.05) is 35.1 Å². The number of halogens is 1. The minimum absolute atomic E-state index is 0.335. The maximum atomic E-state index is 10.7. The number of benzene rings is 1. The normalized spacial score (nSPS) is 10.7. The molecule has 0 saturated heterocycles. The fourth-order valence-electron chi connectivity index (χ4n) is 2.01. The summed E-state index contributed by atoms with van der Waals surface area (Å²) in [5.41, 5.74) is 2.06. The predicted molar refractivity (Wildman–Crippen MR) is 78.6 cm³/mol. The molecule has 2 heterocycles. The van der Waals surface area contributed by atoms with E-state index in [9.17, 15) is 4.79 Å². The molecule has 5 heteroatoms. The largest absolute Gasteiger partial charge is 0.453 e. The zero-order valence-corrected chi connectivity index (χ0v) is 12.1. The van der Waals surface area contributed by atoms with Gasteiger partial charge in [-0.3, -0.25) is 9.48 Å². The smallest absolute Gasteiger partial charge is 0.185 e. The molecule has 0 fully saturated rings. The highest BCUT2D eigenvalue weighted by Crippen LogP contribution is 2.23. The van der Waals surface area contributed by atoms with Crippen LogP contribution in [0.5, 0.6) is 0 Å². The van der Waals surface area contributed by atoms with Crippen molar-refractivity contribution in [3.05, 3.63) is 64.6 Å². The van der Waals surface area contributed by atoms with Crippen LogP contribution in [0.1, 0.15) is 16.1 Å². The van der Waals surface area contributed by atoms with E-state index < -0.39 is 0 Å². The van der Waals surface area contributed by atoms with Gasteiger partial charge in [0, 0.05) is 11.8 Å². The van der Waals surface area contributed by atoms with Crippen molar-refractivity contribution in [3.63, 3.8) is 0 Å². The molecule has 0 saturated carbocycles. The number of rotatable bonds is 4. The second-order valence-electron chi connectivity index (χ2n) is 4.38. The summed E-state index contributed by atoms with van der Waals surface area (Å²) in [6.45, 7) is 0.681. The average Bonchev–Trinajstić information content (AvgIpc) is 3.08. The molecule has 0 amide bonds. The third-order valence-corrected chi connectivity index (χ3v) is 3.31. The van der Waals surface area contributed by atoms with Crippen LogP contribution in [0, 0.1) is 0 Å². The lowest BCUT2D eigenvalue weighted by molar-refractivity contribution is 0.110. The Morgan fingerprint density at radius 2 is 2.20 bits per heavy atom. The Morgan fingerprint density at radius 1 is 1.30 bits per heavy atom. The Labute approximate surface area is 124 Å². The molecule has 0 spiro atoms. The predicted octanol–water partition coefficient (Wildman–Crippen LogP) is 3.77. The summed E-state index contributed by atoms with van der Waals surface area (Å²) in [4.78, 5) is 10.7. The monoisotopic (exact) mass is 330 g/mol. The fourth-order valence-corrected chi connectivity index (χ4v) is 2.33. The van der Waals surface area contributed by atoms with E-state index in [-0.39, 0.29) is 0 Å². The summed E-state index contributed by atoms with van der Waals surface area (Å²) in [5, 5.41) is 4.23. The highest BCUT2D eigenvalue weighted by molar-refractivity contribution is 9.10. The molecule has 0 aliphatic heterocycles. The van der Waals surface area contributed by atoms with Gasteiger partial charge in [0.05, 0.1) is 17.2 Å². The van der Waals surface area contributed by atoms with E-state index >= 15 is 0 Å². The molecule has 4 nitrogen and oxygen atoms in total.